The summed E-state index contributed by atoms with van der Waals surface area (Å²) in [5, 5.41) is 0. The zero-order chi connectivity index (χ0) is 14.6. The number of amides is 1. The quantitative estimate of drug-likeness (QED) is 0.841. The zero-order valence-corrected chi connectivity index (χ0v) is 12.9. The van der Waals surface area contributed by atoms with Gasteiger partial charge in [-0.15, -0.1) is 0 Å². The van der Waals surface area contributed by atoms with Gasteiger partial charge in [-0.05, 0) is 44.4 Å². The van der Waals surface area contributed by atoms with Crippen molar-refractivity contribution in [1.29, 1.82) is 0 Å². The van der Waals surface area contributed by atoms with Gasteiger partial charge < -0.3 is 10.6 Å². The molecular weight excluding hydrogens is 256 g/mol. The molecule has 0 spiro atoms. The minimum absolute atomic E-state index is 0.0612. The molecule has 3 nitrogen and oxygen atoms in total. The summed E-state index contributed by atoms with van der Waals surface area (Å²) < 4.78 is 0. The monoisotopic (exact) mass is 278 g/mol. The normalized spacial score (nSPS) is 10.6. The van der Waals surface area contributed by atoms with Crippen LogP contribution in [0.15, 0.2) is 18.2 Å². The summed E-state index contributed by atoms with van der Waals surface area (Å²) in [6, 6.07) is 6.21. The van der Waals surface area contributed by atoms with Crippen molar-refractivity contribution < 1.29 is 4.79 Å². The van der Waals surface area contributed by atoms with Gasteiger partial charge in [-0.2, -0.15) is 0 Å². The number of aryl methyl sites for hydroxylation is 2. The number of carbonyl (C=O) groups is 1. The molecule has 0 radical (unpaired) electrons. The number of hydrogen-bond acceptors (Lipinski definition) is 2. The average molecular weight is 278 g/mol. The van der Waals surface area contributed by atoms with E-state index in [2.05, 4.69) is 19.9 Å². The highest BCUT2D eigenvalue weighted by Gasteiger charge is 2.18. The van der Waals surface area contributed by atoms with E-state index in [9.17, 15) is 4.79 Å². The van der Waals surface area contributed by atoms with Crippen molar-refractivity contribution >= 4 is 23.1 Å². The van der Waals surface area contributed by atoms with E-state index in [1.165, 1.54) is 11.1 Å². The predicted octanol–water partition coefficient (Wildman–Crippen LogP) is 2.37. The summed E-state index contributed by atoms with van der Waals surface area (Å²) in [5.74, 6) is 0.0612. The lowest BCUT2D eigenvalue weighted by Gasteiger charge is -2.26. The molecule has 2 N–H and O–H groups in total. The highest BCUT2D eigenvalue weighted by molar-refractivity contribution is 7.80. The van der Waals surface area contributed by atoms with E-state index in [0.29, 0.717) is 18.0 Å². The minimum atomic E-state index is 0.0612. The molecule has 0 heterocycles. The number of rotatable bonds is 5. The Labute approximate surface area is 120 Å². The van der Waals surface area contributed by atoms with Gasteiger partial charge in [0.05, 0.1) is 18.0 Å². The Bertz CT molecular complexity index is 483. The van der Waals surface area contributed by atoms with Gasteiger partial charge in [-0.25, -0.2) is 0 Å². The maximum Gasteiger partial charge on any atom is 0.227 e. The highest BCUT2D eigenvalue weighted by atomic mass is 32.1. The van der Waals surface area contributed by atoms with Gasteiger partial charge in [0.2, 0.25) is 5.91 Å². The minimum Gasteiger partial charge on any atom is -0.392 e. The van der Waals surface area contributed by atoms with Crippen LogP contribution in [0.5, 0.6) is 0 Å². The fourth-order valence-electron chi connectivity index (χ4n) is 1.92. The third-order valence-electron chi connectivity index (χ3n) is 3.20. The Hall–Kier alpha value is -1.42. The Kier molecular flexibility index (Phi) is 5.48. The molecule has 0 aromatic heterocycles. The summed E-state index contributed by atoms with van der Waals surface area (Å²) in [6.45, 7) is 8.40. The van der Waals surface area contributed by atoms with E-state index >= 15 is 0 Å². The van der Waals surface area contributed by atoms with E-state index in [-0.39, 0.29) is 11.9 Å². The second-order valence-electron chi connectivity index (χ2n) is 5.18. The lowest BCUT2D eigenvalue weighted by molar-refractivity contribution is -0.131. The molecule has 0 unspecified atom stereocenters. The Balaban J connectivity index is 2.81. The molecule has 0 bridgehead atoms. The molecule has 0 aliphatic carbocycles. The molecule has 1 aromatic rings. The number of benzene rings is 1. The number of thiocarbonyl (C=S) groups is 1. The molecule has 104 valence electrons. The van der Waals surface area contributed by atoms with Crippen LogP contribution in [0.1, 0.15) is 30.5 Å². The van der Waals surface area contributed by atoms with Crippen LogP contribution in [-0.4, -0.2) is 28.4 Å². The SMILES string of the molecule is Cc1ccc(CC(=O)N(CC(N)=S)C(C)C)cc1C. The first-order valence-electron chi connectivity index (χ1n) is 6.45. The van der Waals surface area contributed by atoms with Gasteiger partial charge in [0.15, 0.2) is 0 Å². The van der Waals surface area contributed by atoms with Crippen LogP contribution in [0.25, 0.3) is 0 Å². The summed E-state index contributed by atoms with van der Waals surface area (Å²) in [4.78, 5) is 14.4. The molecule has 0 atom stereocenters. The van der Waals surface area contributed by atoms with E-state index in [4.69, 9.17) is 18.0 Å². The topological polar surface area (TPSA) is 46.3 Å². The maximum absolute atomic E-state index is 12.3. The van der Waals surface area contributed by atoms with E-state index in [1.807, 2.05) is 26.0 Å². The second-order valence-corrected chi connectivity index (χ2v) is 5.70. The summed E-state index contributed by atoms with van der Waals surface area (Å²) in [7, 11) is 0. The van der Waals surface area contributed by atoms with Crippen LogP contribution >= 0.6 is 12.2 Å². The third kappa shape index (κ3) is 4.63. The molecule has 0 fully saturated rings. The molecule has 0 aliphatic heterocycles. The Morgan fingerprint density at radius 1 is 1.32 bits per heavy atom. The summed E-state index contributed by atoms with van der Waals surface area (Å²) >= 11 is 4.90. The molecule has 4 heteroatoms. The molecule has 0 saturated heterocycles. The lowest BCUT2D eigenvalue weighted by Crippen LogP contribution is -2.42. The van der Waals surface area contributed by atoms with Crippen LogP contribution in [0.3, 0.4) is 0 Å². The first-order chi connectivity index (χ1) is 8.81. The van der Waals surface area contributed by atoms with Crippen LogP contribution in [0.2, 0.25) is 0 Å². The first kappa shape index (κ1) is 15.6. The van der Waals surface area contributed by atoms with Crippen LogP contribution in [0.4, 0.5) is 0 Å². The van der Waals surface area contributed by atoms with E-state index in [0.717, 1.165) is 5.56 Å². The number of nitrogens with zero attached hydrogens (tertiary/aromatic N) is 1. The number of carbonyl (C=O) groups excluding carboxylic acids is 1. The highest BCUT2D eigenvalue weighted by Crippen LogP contribution is 2.12. The number of hydrogen-bond donors (Lipinski definition) is 1. The van der Waals surface area contributed by atoms with Crippen molar-refractivity contribution in [2.75, 3.05) is 6.54 Å². The molecule has 0 saturated carbocycles. The van der Waals surface area contributed by atoms with Crippen molar-refractivity contribution in [3.05, 3.63) is 34.9 Å². The smallest absolute Gasteiger partial charge is 0.227 e. The number of nitrogens with two attached hydrogens (primary N) is 1. The fourth-order valence-corrected chi connectivity index (χ4v) is 2.06. The van der Waals surface area contributed by atoms with Crippen molar-refractivity contribution in [2.24, 2.45) is 5.73 Å². The molecule has 1 amide bonds. The van der Waals surface area contributed by atoms with Crippen LogP contribution in [0, 0.1) is 13.8 Å². The first-order valence-corrected chi connectivity index (χ1v) is 6.86. The van der Waals surface area contributed by atoms with Crippen LogP contribution in [-0.2, 0) is 11.2 Å². The Morgan fingerprint density at radius 2 is 1.95 bits per heavy atom. The van der Waals surface area contributed by atoms with Crippen molar-refractivity contribution in [2.45, 2.75) is 40.2 Å². The van der Waals surface area contributed by atoms with E-state index < -0.39 is 0 Å². The largest absolute Gasteiger partial charge is 0.392 e. The van der Waals surface area contributed by atoms with Gasteiger partial charge in [-0.1, -0.05) is 30.4 Å². The maximum atomic E-state index is 12.3. The molecule has 19 heavy (non-hydrogen) atoms. The van der Waals surface area contributed by atoms with Crippen molar-refractivity contribution in [3.8, 4) is 0 Å². The van der Waals surface area contributed by atoms with Gasteiger partial charge in [0, 0.05) is 6.04 Å². The fraction of sp³-hybridized carbons (Fsp3) is 0.467. The van der Waals surface area contributed by atoms with Crippen LogP contribution < -0.4 is 5.73 Å². The van der Waals surface area contributed by atoms with Gasteiger partial charge in [0.25, 0.3) is 0 Å². The molecule has 1 rings (SSSR count). The predicted molar refractivity (Wildman–Crippen MR) is 83.3 cm³/mol. The molecule has 1 aromatic carbocycles. The zero-order valence-electron chi connectivity index (χ0n) is 12.1. The van der Waals surface area contributed by atoms with Gasteiger partial charge in [-0.3, -0.25) is 4.79 Å². The summed E-state index contributed by atoms with van der Waals surface area (Å²) in [6.07, 6.45) is 0.391. The van der Waals surface area contributed by atoms with Crippen molar-refractivity contribution in [3.63, 3.8) is 0 Å². The average Bonchev–Trinajstić information content (AvgIpc) is 2.30. The van der Waals surface area contributed by atoms with Crippen molar-refractivity contribution in [1.82, 2.24) is 4.90 Å². The van der Waals surface area contributed by atoms with Gasteiger partial charge in [0.1, 0.15) is 0 Å². The lowest BCUT2D eigenvalue weighted by atomic mass is 10.0. The second kappa shape index (κ2) is 6.66. The molecule has 0 aliphatic rings. The van der Waals surface area contributed by atoms with E-state index in [1.54, 1.807) is 4.90 Å². The van der Waals surface area contributed by atoms with Gasteiger partial charge >= 0.3 is 0 Å². The Morgan fingerprint density at radius 3 is 2.42 bits per heavy atom. The third-order valence-corrected chi connectivity index (χ3v) is 3.33. The summed E-state index contributed by atoms with van der Waals surface area (Å²) in [5.41, 5.74) is 9.01. The molecular formula is C15H22N2OS. The standard InChI is InChI=1S/C15H22N2OS/c1-10(2)17(9-14(16)19)15(18)8-13-6-5-11(3)12(4)7-13/h5-7,10H,8-9H2,1-4H3,(H2,16,19).